The van der Waals surface area contributed by atoms with E-state index in [1.807, 2.05) is 0 Å². The number of aryl methyl sites for hydroxylation is 1. The highest BCUT2D eigenvalue weighted by Gasteiger charge is 2.37. The highest BCUT2D eigenvalue weighted by Crippen LogP contribution is 2.27. The molecule has 0 unspecified atom stereocenters. The molecule has 1 amide bonds. The molecule has 0 saturated heterocycles. The molecule has 0 bridgehead atoms. The molecule has 3 heterocycles. The summed E-state index contributed by atoms with van der Waals surface area (Å²) < 4.78 is 39.5. The molecular formula is C20H13Cl2F3N8O2. The van der Waals surface area contributed by atoms with Gasteiger partial charge in [0.15, 0.2) is 12.1 Å². The highest BCUT2D eigenvalue weighted by molar-refractivity contribution is 6.32. The standard InChI is InChI=1S/C20H13Cl2F3N8O2/c1-10-5-12(21)6-11(9-34)16(10)27-18(35)15-7-13(8-32-30-19(28-31-32)20(23,24)25)29-33(15)17-14(22)3-2-4-26-17/h2-7,9H,8H2,1H3,(H,27,35). The van der Waals surface area contributed by atoms with Crippen molar-refractivity contribution in [2.45, 2.75) is 19.6 Å². The number of alkyl halides is 3. The van der Waals surface area contributed by atoms with E-state index < -0.39 is 17.9 Å². The average molecular weight is 525 g/mol. The maximum absolute atomic E-state index is 13.2. The van der Waals surface area contributed by atoms with Gasteiger partial charge in [-0.3, -0.25) is 9.59 Å². The highest BCUT2D eigenvalue weighted by atomic mass is 35.5. The molecule has 0 fully saturated rings. The molecule has 35 heavy (non-hydrogen) atoms. The number of tetrazole rings is 1. The number of carbonyl (C=O) groups is 2. The van der Waals surface area contributed by atoms with Gasteiger partial charge in [-0.05, 0) is 48.0 Å². The molecule has 1 N–H and O–H groups in total. The fourth-order valence-electron chi connectivity index (χ4n) is 3.14. The van der Waals surface area contributed by atoms with E-state index in [1.54, 1.807) is 19.1 Å². The van der Waals surface area contributed by atoms with Crippen molar-refractivity contribution in [1.29, 1.82) is 0 Å². The van der Waals surface area contributed by atoms with Crippen LogP contribution in [0.25, 0.3) is 5.82 Å². The maximum Gasteiger partial charge on any atom is 0.455 e. The first kappa shape index (κ1) is 24.3. The Morgan fingerprint density at radius 1 is 1.20 bits per heavy atom. The minimum Gasteiger partial charge on any atom is -0.320 e. The van der Waals surface area contributed by atoms with E-state index in [0.717, 1.165) is 4.68 Å². The number of aldehydes is 1. The molecule has 0 radical (unpaired) electrons. The lowest BCUT2D eigenvalue weighted by atomic mass is 10.1. The van der Waals surface area contributed by atoms with Gasteiger partial charge in [0, 0.05) is 16.8 Å². The van der Waals surface area contributed by atoms with Gasteiger partial charge < -0.3 is 5.32 Å². The van der Waals surface area contributed by atoms with Gasteiger partial charge in [0.05, 0.1) is 16.4 Å². The van der Waals surface area contributed by atoms with E-state index in [0.29, 0.717) is 21.7 Å². The number of nitrogens with zero attached hydrogens (tertiary/aromatic N) is 7. The predicted molar refractivity (Wildman–Crippen MR) is 118 cm³/mol. The number of anilines is 1. The summed E-state index contributed by atoms with van der Waals surface area (Å²) in [6, 6.07) is 7.36. The van der Waals surface area contributed by atoms with Crippen LogP contribution < -0.4 is 5.32 Å². The van der Waals surface area contributed by atoms with Crippen LogP contribution in [0, 0.1) is 6.92 Å². The van der Waals surface area contributed by atoms with Crippen molar-refractivity contribution in [3.05, 3.63) is 74.9 Å². The first-order valence-electron chi connectivity index (χ1n) is 9.68. The molecular weight excluding hydrogens is 512 g/mol. The van der Waals surface area contributed by atoms with Crippen LogP contribution in [0.15, 0.2) is 36.5 Å². The Balaban J connectivity index is 1.74. The zero-order valence-electron chi connectivity index (χ0n) is 17.6. The third-order valence-electron chi connectivity index (χ3n) is 4.64. The summed E-state index contributed by atoms with van der Waals surface area (Å²) in [6.07, 6.45) is -2.80. The van der Waals surface area contributed by atoms with E-state index in [4.69, 9.17) is 23.2 Å². The number of hydrogen-bond acceptors (Lipinski definition) is 7. The topological polar surface area (TPSA) is 120 Å². The molecule has 0 aliphatic rings. The van der Waals surface area contributed by atoms with E-state index in [2.05, 4.69) is 30.8 Å². The molecule has 1 aromatic carbocycles. The van der Waals surface area contributed by atoms with Crippen molar-refractivity contribution < 1.29 is 22.8 Å². The summed E-state index contributed by atoms with van der Waals surface area (Å²) in [7, 11) is 0. The normalized spacial score (nSPS) is 11.5. The molecule has 0 aliphatic heterocycles. The van der Waals surface area contributed by atoms with Gasteiger partial charge in [0.2, 0.25) is 0 Å². The second-order valence-corrected chi connectivity index (χ2v) is 7.99. The summed E-state index contributed by atoms with van der Waals surface area (Å²) in [5.41, 5.74) is 0.955. The monoisotopic (exact) mass is 524 g/mol. The lowest BCUT2D eigenvalue weighted by Crippen LogP contribution is -2.19. The lowest BCUT2D eigenvalue weighted by Gasteiger charge is -2.12. The summed E-state index contributed by atoms with van der Waals surface area (Å²) in [4.78, 5) is 29.6. The number of pyridine rings is 1. The minimum atomic E-state index is -4.77. The van der Waals surface area contributed by atoms with Gasteiger partial charge in [0.1, 0.15) is 12.2 Å². The number of aromatic nitrogens is 7. The number of carbonyl (C=O) groups excluding carboxylic acids is 2. The third-order valence-corrected chi connectivity index (χ3v) is 5.15. The average Bonchev–Trinajstić information content (AvgIpc) is 3.43. The van der Waals surface area contributed by atoms with Gasteiger partial charge in [-0.15, -0.1) is 10.2 Å². The van der Waals surface area contributed by atoms with Crippen molar-refractivity contribution in [1.82, 2.24) is 35.0 Å². The first-order valence-corrected chi connectivity index (χ1v) is 10.4. The summed E-state index contributed by atoms with van der Waals surface area (Å²) in [5, 5.41) is 17.0. The van der Waals surface area contributed by atoms with Crippen molar-refractivity contribution in [2.75, 3.05) is 5.32 Å². The van der Waals surface area contributed by atoms with Crippen molar-refractivity contribution in [3.63, 3.8) is 0 Å². The SMILES string of the molecule is Cc1cc(Cl)cc(C=O)c1NC(=O)c1cc(Cn2nnc(C(F)(F)F)n2)nn1-c1ncccc1Cl. The predicted octanol–water partition coefficient (Wildman–Crippen LogP) is 4.00. The molecule has 0 spiro atoms. The van der Waals surface area contributed by atoms with Crippen molar-refractivity contribution in [2.24, 2.45) is 0 Å². The Morgan fingerprint density at radius 3 is 2.63 bits per heavy atom. The van der Waals surface area contributed by atoms with Gasteiger partial charge in [-0.2, -0.15) is 23.1 Å². The molecule has 0 aliphatic carbocycles. The van der Waals surface area contributed by atoms with E-state index in [-0.39, 0.29) is 40.0 Å². The molecule has 4 aromatic rings. The fraction of sp³-hybridized carbons (Fsp3) is 0.150. The van der Waals surface area contributed by atoms with Crippen molar-refractivity contribution >= 4 is 41.1 Å². The van der Waals surface area contributed by atoms with Crippen LogP contribution in [-0.2, 0) is 12.7 Å². The van der Waals surface area contributed by atoms with Crippen molar-refractivity contribution in [3.8, 4) is 5.82 Å². The van der Waals surface area contributed by atoms with Crippen LogP contribution >= 0.6 is 23.2 Å². The summed E-state index contributed by atoms with van der Waals surface area (Å²) in [6.45, 7) is 1.32. The van der Waals surface area contributed by atoms with Crippen LogP contribution in [0.4, 0.5) is 18.9 Å². The van der Waals surface area contributed by atoms with Gasteiger partial charge in [0.25, 0.3) is 11.7 Å². The minimum absolute atomic E-state index is 0.0667. The lowest BCUT2D eigenvalue weighted by molar-refractivity contribution is -0.145. The number of amides is 1. The third kappa shape index (κ3) is 5.15. The molecule has 4 rings (SSSR count). The number of rotatable bonds is 6. The Labute approximate surface area is 204 Å². The fourth-order valence-corrected chi connectivity index (χ4v) is 3.63. The molecule has 10 nitrogen and oxygen atoms in total. The van der Waals surface area contributed by atoms with E-state index in [9.17, 15) is 22.8 Å². The van der Waals surface area contributed by atoms with Gasteiger partial charge >= 0.3 is 6.18 Å². The van der Waals surface area contributed by atoms with Gasteiger partial charge in [-0.25, -0.2) is 9.67 Å². The first-order chi connectivity index (χ1) is 16.6. The molecule has 3 aromatic heterocycles. The number of halogens is 5. The Kier molecular flexibility index (Phi) is 6.54. The zero-order valence-corrected chi connectivity index (χ0v) is 19.1. The number of nitrogens with one attached hydrogen (secondary N) is 1. The molecule has 180 valence electrons. The molecule has 15 heteroatoms. The maximum atomic E-state index is 13.2. The van der Waals surface area contributed by atoms with Gasteiger partial charge in [-0.1, -0.05) is 23.2 Å². The smallest absolute Gasteiger partial charge is 0.320 e. The number of benzene rings is 1. The van der Waals surface area contributed by atoms with Crippen LogP contribution in [0.3, 0.4) is 0 Å². The summed E-state index contributed by atoms with van der Waals surface area (Å²) in [5.74, 6) is -2.01. The van der Waals surface area contributed by atoms with Crippen LogP contribution in [-0.4, -0.2) is 47.2 Å². The van der Waals surface area contributed by atoms with Crippen LogP contribution in [0.5, 0.6) is 0 Å². The quantitative estimate of drug-likeness (QED) is 0.378. The second-order valence-electron chi connectivity index (χ2n) is 7.14. The van der Waals surface area contributed by atoms with E-state index >= 15 is 0 Å². The molecule has 0 atom stereocenters. The Morgan fingerprint density at radius 2 is 1.97 bits per heavy atom. The molecule has 0 saturated carbocycles. The number of hydrogen-bond donors (Lipinski definition) is 1. The van der Waals surface area contributed by atoms with E-state index in [1.165, 1.54) is 24.4 Å². The Hall–Kier alpha value is -3.84. The van der Waals surface area contributed by atoms with Crippen LogP contribution in [0.2, 0.25) is 10.0 Å². The second kappa shape index (κ2) is 9.43. The largest absolute Gasteiger partial charge is 0.455 e. The summed E-state index contributed by atoms with van der Waals surface area (Å²) >= 11 is 12.2. The Bertz CT molecular complexity index is 1430. The zero-order chi connectivity index (χ0) is 25.3. The van der Waals surface area contributed by atoms with Crippen LogP contribution in [0.1, 0.15) is 37.9 Å².